The smallest absolute Gasteiger partial charge is 0.226 e. The molecule has 0 aliphatic rings. The van der Waals surface area contributed by atoms with E-state index in [9.17, 15) is 9.90 Å². The Morgan fingerprint density at radius 2 is 1.55 bits per heavy atom. The number of nitrogens with zero attached hydrogens (tertiary/aromatic N) is 1. The van der Waals surface area contributed by atoms with Crippen LogP contribution < -0.4 is 0 Å². The van der Waals surface area contributed by atoms with E-state index in [1.807, 2.05) is 74.5 Å². The lowest BCUT2D eigenvalue weighted by Gasteiger charge is -2.32. The van der Waals surface area contributed by atoms with Gasteiger partial charge in [0.25, 0.3) is 0 Å². The molecule has 0 heterocycles. The van der Waals surface area contributed by atoms with E-state index >= 15 is 0 Å². The second kappa shape index (κ2) is 7.76. The van der Waals surface area contributed by atoms with Crippen LogP contribution in [0.1, 0.15) is 31.0 Å². The summed E-state index contributed by atoms with van der Waals surface area (Å²) >= 11 is 0. The molecule has 0 bridgehead atoms. The van der Waals surface area contributed by atoms with Crippen molar-refractivity contribution in [3.05, 3.63) is 71.8 Å². The number of carbonyl (C=O) groups is 1. The molecule has 2 rings (SSSR count). The van der Waals surface area contributed by atoms with Gasteiger partial charge >= 0.3 is 0 Å². The van der Waals surface area contributed by atoms with Crippen molar-refractivity contribution in [3.63, 3.8) is 0 Å². The highest BCUT2D eigenvalue weighted by molar-refractivity contribution is 5.78. The summed E-state index contributed by atoms with van der Waals surface area (Å²) in [6, 6.07) is 19.3. The number of carbonyl (C=O) groups excluding carboxylic acids is 1. The summed E-state index contributed by atoms with van der Waals surface area (Å²) in [7, 11) is 0. The van der Waals surface area contributed by atoms with Crippen LogP contribution in [-0.2, 0) is 11.3 Å². The first kappa shape index (κ1) is 16.2. The molecule has 0 fully saturated rings. The van der Waals surface area contributed by atoms with Crippen LogP contribution in [0.4, 0.5) is 0 Å². The molecule has 0 aliphatic carbocycles. The fourth-order valence-corrected chi connectivity index (χ4v) is 2.51. The number of hydrogen-bond acceptors (Lipinski definition) is 2. The van der Waals surface area contributed by atoms with Gasteiger partial charge in [0.15, 0.2) is 0 Å². The molecule has 2 aromatic carbocycles. The van der Waals surface area contributed by atoms with Crippen molar-refractivity contribution in [2.45, 2.75) is 26.4 Å². The van der Waals surface area contributed by atoms with Crippen LogP contribution >= 0.6 is 0 Å². The summed E-state index contributed by atoms with van der Waals surface area (Å²) in [5, 5.41) is 9.86. The fourth-order valence-electron chi connectivity index (χ4n) is 2.51. The van der Waals surface area contributed by atoms with Crippen molar-refractivity contribution in [1.29, 1.82) is 0 Å². The van der Waals surface area contributed by atoms with Gasteiger partial charge in [0.05, 0.1) is 12.6 Å². The van der Waals surface area contributed by atoms with Gasteiger partial charge in [-0.1, -0.05) is 74.5 Å². The summed E-state index contributed by atoms with van der Waals surface area (Å²) in [6.07, 6.45) is 0. The van der Waals surface area contributed by atoms with Gasteiger partial charge in [0, 0.05) is 12.5 Å². The van der Waals surface area contributed by atoms with E-state index in [4.69, 9.17) is 0 Å². The lowest BCUT2D eigenvalue weighted by atomic mass is 10.0. The molecular weight excluding hydrogens is 274 g/mol. The highest BCUT2D eigenvalue weighted by atomic mass is 16.3. The zero-order valence-corrected chi connectivity index (χ0v) is 13.1. The maximum Gasteiger partial charge on any atom is 0.226 e. The summed E-state index contributed by atoms with van der Waals surface area (Å²) in [5.41, 5.74) is 2.01. The van der Waals surface area contributed by atoms with Crippen molar-refractivity contribution in [2.24, 2.45) is 5.92 Å². The zero-order valence-electron chi connectivity index (χ0n) is 13.1. The monoisotopic (exact) mass is 297 g/mol. The Labute approximate surface area is 132 Å². The molecule has 0 aliphatic heterocycles. The van der Waals surface area contributed by atoms with E-state index in [0.717, 1.165) is 11.1 Å². The van der Waals surface area contributed by atoms with Crippen LogP contribution in [0.3, 0.4) is 0 Å². The summed E-state index contributed by atoms with van der Waals surface area (Å²) in [5.74, 6) is -0.0618. The number of amides is 1. The van der Waals surface area contributed by atoms with Gasteiger partial charge < -0.3 is 10.0 Å². The number of aliphatic hydroxyl groups is 1. The minimum absolute atomic E-state index is 0.0479. The Morgan fingerprint density at radius 3 is 2.05 bits per heavy atom. The normalized spacial score (nSPS) is 12.2. The number of aliphatic hydroxyl groups excluding tert-OH is 1. The van der Waals surface area contributed by atoms with Gasteiger partial charge in [-0.3, -0.25) is 4.79 Å². The van der Waals surface area contributed by atoms with Gasteiger partial charge in [0.1, 0.15) is 0 Å². The van der Waals surface area contributed by atoms with Crippen molar-refractivity contribution in [2.75, 3.05) is 6.61 Å². The van der Waals surface area contributed by atoms with Crippen molar-refractivity contribution < 1.29 is 9.90 Å². The lowest BCUT2D eigenvalue weighted by Crippen LogP contribution is -2.38. The average Bonchev–Trinajstić information content (AvgIpc) is 2.56. The molecule has 0 saturated carbocycles. The van der Waals surface area contributed by atoms with E-state index in [0.29, 0.717) is 6.54 Å². The highest BCUT2D eigenvalue weighted by Crippen LogP contribution is 2.24. The molecule has 0 aromatic heterocycles. The Morgan fingerprint density at radius 1 is 1.00 bits per heavy atom. The van der Waals surface area contributed by atoms with Gasteiger partial charge in [0.2, 0.25) is 5.91 Å². The molecule has 0 saturated heterocycles. The second-order valence-corrected chi connectivity index (χ2v) is 5.72. The van der Waals surface area contributed by atoms with E-state index in [2.05, 4.69) is 0 Å². The highest BCUT2D eigenvalue weighted by Gasteiger charge is 2.26. The third-order valence-corrected chi connectivity index (χ3v) is 3.71. The first-order valence-corrected chi connectivity index (χ1v) is 7.63. The summed E-state index contributed by atoms with van der Waals surface area (Å²) < 4.78 is 0. The first-order chi connectivity index (χ1) is 10.6. The van der Waals surface area contributed by atoms with E-state index in [1.54, 1.807) is 4.90 Å². The fraction of sp³-hybridized carbons (Fsp3) is 0.316. The molecular formula is C19H23NO2. The van der Waals surface area contributed by atoms with Crippen molar-refractivity contribution in [3.8, 4) is 0 Å². The van der Waals surface area contributed by atoms with Crippen molar-refractivity contribution in [1.82, 2.24) is 4.90 Å². The van der Waals surface area contributed by atoms with Crippen LogP contribution in [0.25, 0.3) is 0 Å². The predicted molar refractivity (Wildman–Crippen MR) is 88.1 cm³/mol. The molecule has 1 amide bonds. The first-order valence-electron chi connectivity index (χ1n) is 7.63. The maximum atomic E-state index is 12.6. The second-order valence-electron chi connectivity index (χ2n) is 5.72. The van der Waals surface area contributed by atoms with Gasteiger partial charge in [-0.15, -0.1) is 0 Å². The number of hydrogen-bond donors (Lipinski definition) is 1. The van der Waals surface area contributed by atoms with E-state index in [-0.39, 0.29) is 24.5 Å². The minimum Gasteiger partial charge on any atom is -0.394 e. The molecule has 22 heavy (non-hydrogen) atoms. The third kappa shape index (κ3) is 3.95. The number of benzene rings is 2. The largest absolute Gasteiger partial charge is 0.394 e. The molecule has 116 valence electrons. The van der Waals surface area contributed by atoms with Gasteiger partial charge in [-0.25, -0.2) is 0 Å². The molecule has 3 nitrogen and oxygen atoms in total. The van der Waals surface area contributed by atoms with Gasteiger partial charge in [-0.05, 0) is 11.1 Å². The number of rotatable bonds is 6. The lowest BCUT2D eigenvalue weighted by molar-refractivity contribution is -0.138. The Kier molecular flexibility index (Phi) is 5.73. The van der Waals surface area contributed by atoms with Crippen molar-refractivity contribution >= 4 is 5.91 Å². The van der Waals surface area contributed by atoms with Gasteiger partial charge in [-0.2, -0.15) is 0 Å². The summed E-state index contributed by atoms with van der Waals surface area (Å²) in [6.45, 7) is 4.19. The molecule has 1 atom stereocenters. The molecule has 1 N–H and O–H groups in total. The van der Waals surface area contributed by atoms with E-state index in [1.165, 1.54) is 0 Å². The standard InChI is InChI=1S/C19H23NO2/c1-15(2)19(22)20(13-16-9-5-3-6-10-16)18(14-21)17-11-7-4-8-12-17/h3-12,15,18,21H,13-14H2,1-2H3. The van der Waals surface area contributed by atoms with Crippen LogP contribution in [0.15, 0.2) is 60.7 Å². The topological polar surface area (TPSA) is 40.5 Å². The van der Waals surface area contributed by atoms with Crippen LogP contribution in [0.2, 0.25) is 0 Å². The molecule has 2 aromatic rings. The molecule has 0 radical (unpaired) electrons. The SMILES string of the molecule is CC(C)C(=O)N(Cc1ccccc1)C(CO)c1ccccc1. The minimum atomic E-state index is -0.323. The quantitative estimate of drug-likeness (QED) is 0.887. The van der Waals surface area contributed by atoms with Crippen LogP contribution in [0, 0.1) is 5.92 Å². The third-order valence-electron chi connectivity index (χ3n) is 3.71. The molecule has 3 heteroatoms. The predicted octanol–water partition coefficient (Wildman–Crippen LogP) is 3.40. The Balaban J connectivity index is 2.32. The summed E-state index contributed by atoms with van der Waals surface area (Å²) in [4.78, 5) is 14.4. The Hall–Kier alpha value is -2.13. The van der Waals surface area contributed by atoms with E-state index < -0.39 is 0 Å². The zero-order chi connectivity index (χ0) is 15.9. The molecule has 0 spiro atoms. The maximum absolute atomic E-state index is 12.6. The van der Waals surface area contributed by atoms with Crippen LogP contribution in [-0.4, -0.2) is 22.5 Å². The Bertz CT molecular complexity index is 581. The molecule has 1 unspecified atom stereocenters. The van der Waals surface area contributed by atoms with Crippen LogP contribution in [0.5, 0.6) is 0 Å². The average molecular weight is 297 g/mol.